The van der Waals surface area contributed by atoms with Crippen molar-refractivity contribution in [2.45, 2.75) is 31.8 Å². The molecule has 6 heteroatoms. The number of carbonyl (C=O) groups excluding carboxylic acids is 1. The highest BCUT2D eigenvalue weighted by molar-refractivity contribution is 5.73. The average molecular weight is 324 g/mol. The quantitative estimate of drug-likeness (QED) is 0.843. The maximum atomic E-state index is 13.3. The molecule has 0 aromatic heterocycles. The molecule has 128 valence electrons. The van der Waals surface area contributed by atoms with Crippen molar-refractivity contribution in [3.05, 3.63) is 29.6 Å². The van der Waals surface area contributed by atoms with Crippen molar-refractivity contribution in [1.82, 2.24) is 10.2 Å². The van der Waals surface area contributed by atoms with Gasteiger partial charge in [-0.05, 0) is 37.0 Å². The second-order valence-electron chi connectivity index (χ2n) is 6.09. The lowest BCUT2D eigenvalue weighted by atomic mass is 10.1. The van der Waals surface area contributed by atoms with E-state index in [1.807, 2.05) is 0 Å². The Labute approximate surface area is 136 Å². The Morgan fingerprint density at radius 2 is 2.26 bits per heavy atom. The first-order valence-corrected chi connectivity index (χ1v) is 8.00. The molecule has 1 aliphatic rings. The predicted molar refractivity (Wildman–Crippen MR) is 86.0 cm³/mol. The summed E-state index contributed by atoms with van der Waals surface area (Å²) in [5.74, 6) is -0.0107. The van der Waals surface area contributed by atoms with E-state index in [4.69, 9.17) is 4.74 Å². The van der Waals surface area contributed by atoms with E-state index in [0.717, 1.165) is 24.8 Å². The van der Waals surface area contributed by atoms with Crippen LogP contribution in [0.5, 0.6) is 5.75 Å². The maximum Gasteiger partial charge on any atom is 0.317 e. The molecule has 23 heavy (non-hydrogen) atoms. The lowest BCUT2D eigenvalue weighted by Gasteiger charge is -2.23. The number of benzene rings is 1. The molecule has 1 aromatic rings. The highest BCUT2D eigenvalue weighted by Gasteiger charge is 2.27. The number of ether oxygens (including phenoxy) is 1. The normalized spacial score (nSPS) is 20.3. The Morgan fingerprint density at radius 3 is 2.91 bits per heavy atom. The van der Waals surface area contributed by atoms with E-state index in [1.54, 1.807) is 24.1 Å². The van der Waals surface area contributed by atoms with Gasteiger partial charge in [-0.15, -0.1) is 0 Å². The van der Waals surface area contributed by atoms with Crippen LogP contribution >= 0.6 is 0 Å². The summed E-state index contributed by atoms with van der Waals surface area (Å²) in [5, 5.41) is 12.7. The molecule has 1 aliphatic carbocycles. The van der Waals surface area contributed by atoms with E-state index in [2.05, 4.69) is 5.32 Å². The van der Waals surface area contributed by atoms with Gasteiger partial charge in [0.05, 0.1) is 13.2 Å². The van der Waals surface area contributed by atoms with Gasteiger partial charge in [0.15, 0.2) is 11.6 Å². The van der Waals surface area contributed by atoms with Crippen molar-refractivity contribution in [3.8, 4) is 5.75 Å². The van der Waals surface area contributed by atoms with Crippen molar-refractivity contribution in [2.75, 3.05) is 27.2 Å². The maximum absolute atomic E-state index is 13.3. The van der Waals surface area contributed by atoms with Crippen LogP contribution in [-0.2, 0) is 6.42 Å². The Balaban J connectivity index is 1.75. The molecule has 0 heterocycles. The van der Waals surface area contributed by atoms with E-state index in [9.17, 15) is 14.3 Å². The zero-order valence-corrected chi connectivity index (χ0v) is 13.7. The minimum atomic E-state index is -0.393. The third kappa shape index (κ3) is 4.82. The Hall–Kier alpha value is -1.82. The fourth-order valence-corrected chi connectivity index (χ4v) is 2.97. The molecule has 2 N–H and O–H groups in total. The standard InChI is InChI=1S/C17H25FN2O3/c1-20(11-13-4-3-5-15(13)21)17(22)19-9-8-12-6-7-14(18)16(10-12)23-2/h6-7,10,13,15,21H,3-5,8-9,11H2,1-2H3,(H,19,22). The third-order valence-corrected chi connectivity index (χ3v) is 4.38. The van der Waals surface area contributed by atoms with Gasteiger partial charge in [0.25, 0.3) is 0 Å². The first kappa shape index (κ1) is 17.5. The van der Waals surface area contributed by atoms with Crippen LogP contribution in [0.3, 0.4) is 0 Å². The second-order valence-corrected chi connectivity index (χ2v) is 6.09. The van der Waals surface area contributed by atoms with Crippen LogP contribution in [0.2, 0.25) is 0 Å². The van der Waals surface area contributed by atoms with Crippen molar-refractivity contribution in [1.29, 1.82) is 0 Å². The zero-order valence-electron chi connectivity index (χ0n) is 13.7. The molecular weight excluding hydrogens is 299 g/mol. The van der Waals surface area contributed by atoms with E-state index in [1.165, 1.54) is 13.2 Å². The molecule has 0 bridgehead atoms. The summed E-state index contributed by atoms with van der Waals surface area (Å²) >= 11 is 0. The first-order valence-electron chi connectivity index (χ1n) is 8.00. The molecule has 2 unspecified atom stereocenters. The molecule has 0 saturated heterocycles. The van der Waals surface area contributed by atoms with E-state index in [0.29, 0.717) is 19.5 Å². The topological polar surface area (TPSA) is 61.8 Å². The summed E-state index contributed by atoms with van der Waals surface area (Å²) in [7, 11) is 3.16. The molecule has 2 rings (SSSR count). The van der Waals surface area contributed by atoms with Crippen LogP contribution in [-0.4, -0.2) is 49.4 Å². The highest BCUT2D eigenvalue weighted by Crippen LogP contribution is 2.25. The van der Waals surface area contributed by atoms with Crippen LogP contribution < -0.4 is 10.1 Å². The number of carbonyl (C=O) groups is 1. The van der Waals surface area contributed by atoms with Gasteiger partial charge >= 0.3 is 6.03 Å². The summed E-state index contributed by atoms with van der Waals surface area (Å²) < 4.78 is 18.3. The smallest absolute Gasteiger partial charge is 0.317 e. The fraction of sp³-hybridized carbons (Fsp3) is 0.588. The molecular formula is C17H25FN2O3. The van der Waals surface area contributed by atoms with Crippen LogP contribution in [0.4, 0.5) is 9.18 Å². The van der Waals surface area contributed by atoms with Gasteiger partial charge in [-0.1, -0.05) is 12.5 Å². The fourth-order valence-electron chi connectivity index (χ4n) is 2.97. The van der Waals surface area contributed by atoms with Gasteiger partial charge in [-0.2, -0.15) is 0 Å². The third-order valence-electron chi connectivity index (χ3n) is 4.38. The summed E-state index contributed by atoms with van der Waals surface area (Å²) in [6.07, 6.45) is 3.12. The van der Waals surface area contributed by atoms with Gasteiger partial charge < -0.3 is 20.1 Å². The number of amides is 2. The second kappa shape index (κ2) is 8.15. The minimum Gasteiger partial charge on any atom is -0.494 e. The van der Waals surface area contributed by atoms with Crippen molar-refractivity contribution >= 4 is 6.03 Å². The van der Waals surface area contributed by atoms with Crippen LogP contribution in [0, 0.1) is 11.7 Å². The van der Waals surface area contributed by atoms with Gasteiger partial charge in [0.1, 0.15) is 0 Å². The predicted octanol–water partition coefficient (Wildman–Crippen LogP) is 2.18. The molecule has 0 spiro atoms. The zero-order chi connectivity index (χ0) is 16.8. The largest absolute Gasteiger partial charge is 0.494 e. The van der Waals surface area contributed by atoms with Gasteiger partial charge in [-0.25, -0.2) is 9.18 Å². The van der Waals surface area contributed by atoms with Gasteiger partial charge in [0, 0.05) is 26.1 Å². The Kier molecular flexibility index (Phi) is 6.21. The van der Waals surface area contributed by atoms with Crippen molar-refractivity contribution < 1.29 is 19.0 Å². The number of rotatable bonds is 6. The monoisotopic (exact) mass is 324 g/mol. The summed E-state index contributed by atoms with van der Waals surface area (Å²) in [6.45, 7) is 1.03. The number of nitrogens with zero attached hydrogens (tertiary/aromatic N) is 1. The van der Waals surface area contributed by atoms with Gasteiger partial charge in [0.2, 0.25) is 0 Å². The molecule has 0 aliphatic heterocycles. The molecule has 5 nitrogen and oxygen atoms in total. The number of methoxy groups -OCH3 is 1. The highest BCUT2D eigenvalue weighted by atomic mass is 19.1. The molecule has 2 atom stereocenters. The number of aliphatic hydroxyl groups excluding tert-OH is 1. The molecule has 2 amide bonds. The number of hydrogen-bond acceptors (Lipinski definition) is 3. The van der Waals surface area contributed by atoms with Gasteiger partial charge in [-0.3, -0.25) is 0 Å². The molecule has 0 radical (unpaired) electrons. The van der Waals surface area contributed by atoms with Crippen LogP contribution in [0.1, 0.15) is 24.8 Å². The number of hydrogen-bond donors (Lipinski definition) is 2. The summed E-state index contributed by atoms with van der Waals surface area (Å²) in [5.41, 5.74) is 0.900. The van der Waals surface area contributed by atoms with E-state index >= 15 is 0 Å². The molecule has 1 fully saturated rings. The Bertz CT molecular complexity index is 539. The minimum absolute atomic E-state index is 0.154. The van der Waals surface area contributed by atoms with Crippen molar-refractivity contribution in [3.63, 3.8) is 0 Å². The lowest BCUT2D eigenvalue weighted by Crippen LogP contribution is -2.41. The SMILES string of the molecule is COc1cc(CCNC(=O)N(C)CC2CCCC2O)ccc1F. The number of nitrogens with one attached hydrogen (secondary N) is 1. The van der Waals surface area contributed by atoms with Crippen LogP contribution in [0.15, 0.2) is 18.2 Å². The van der Waals surface area contributed by atoms with E-state index < -0.39 is 5.82 Å². The Morgan fingerprint density at radius 1 is 1.48 bits per heavy atom. The molecule has 1 aromatic carbocycles. The lowest BCUT2D eigenvalue weighted by molar-refractivity contribution is 0.114. The first-order chi connectivity index (χ1) is 11.0. The summed E-state index contributed by atoms with van der Waals surface area (Å²) in [4.78, 5) is 13.7. The number of halogens is 1. The van der Waals surface area contributed by atoms with Crippen LogP contribution in [0.25, 0.3) is 0 Å². The number of urea groups is 1. The van der Waals surface area contributed by atoms with E-state index in [-0.39, 0.29) is 23.8 Å². The number of aliphatic hydroxyl groups is 1. The summed E-state index contributed by atoms with van der Waals surface area (Å²) in [6, 6.07) is 4.53. The van der Waals surface area contributed by atoms with Crippen molar-refractivity contribution in [2.24, 2.45) is 5.92 Å². The molecule has 1 saturated carbocycles. The average Bonchev–Trinajstić information content (AvgIpc) is 2.93.